The maximum atomic E-state index is 13.0. The van der Waals surface area contributed by atoms with E-state index < -0.39 is 18.1 Å². The minimum Gasteiger partial charge on any atom is -0.465 e. The highest BCUT2D eigenvalue weighted by Gasteiger charge is 2.32. The van der Waals surface area contributed by atoms with Gasteiger partial charge in [-0.1, -0.05) is 54.6 Å². The van der Waals surface area contributed by atoms with Crippen LogP contribution in [0.1, 0.15) is 23.6 Å². The number of nitrogens with zero attached hydrogens (tertiary/aromatic N) is 1. The Morgan fingerprint density at radius 2 is 1.72 bits per heavy atom. The number of fused-ring (bicyclic) bond motifs is 1. The van der Waals surface area contributed by atoms with Gasteiger partial charge >= 0.3 is 12.1 Å². The van der Waals surface area contributed by atoms with Gasteiger partial charge in [0.25, 0.3) is 0 Å². The van der Waals surface area contributed by atoms with E-state index in [0.29, 0.717) is 6.42 Å². The Morgan fingerprint density at radius 3 is 2.45 bits per heavy atom. The standard InChI is InChI=1S/C22H24N2O5/c1-2-28-20(25)14-24-13-18-11-7-6-10-17(18)12-19(21(24)26)23-22(27)29-15-16-8-4-3-5-9-16/h3-11,19H,2,12-15H2,1H3,(H,23,27)/t19-/m0/s1. The van der Waals surface area contributed by atoms with E-state index in [9.17, 15) is 14.4 Å². The lowest BCUT2D eigenvalue weighted by atomic mass is 10.0. The van der Waals surface area contributed by atoms with Gasteiger partial charge in [-0.25, -0.2) is 4.79 Å². The number of hydrogen-bond donors (Lipinski definition) is 1. The molecule has 0 aromatic heterocycles. The number of amides is 2. The van der Waals surface area contributed by atoms with Crippen LogP contribution >= 0.6 is 0 Å². The number of esters is 1. The van der Waals surface area contributed by atoms with E-state index in [1.165, 1.54) is 4.90 Å². The van der Waals surface area contributed by atoms with Crippen molar-refractivity contribution >= 4 is 18.0 Å². The first-order valence-corrected chi connectivity index (χ1v) is 9.55. The number of nitrogens with one attached hydrogen (secondary N) is 1. The van der Waals surface area contributed by atoms with E-state index in [4.69, 9.17) is 9.47 Å². The molecule has 2 aromatic carbocycles. The zero-order valence-electron chi connectivity index (χ0n) is 16.3. The molecule has 2 aromatic rings. The molecule has 152 valence electrons. The third kappa shape index (κ3) is 5.57. The molecule has 0 bridgehead atoms. The van der Waals surface area contributed by atoms with Crippen LogP contribution in [-0.2, 0) is 38.6 Å². The molecule has 0 saturated carbocycles. The minimum absolute atomic E-state index is 0.108. The van der Waals surface area contributed by atoms with Gasteiger partial charge in [0.15, 0.2) is 0 Å². The summed E-state index contributed by atoms with van der Waals surface area (Å²) < 4.78 is 10.2. The van der Waals surface area contributed by atoms with Gasteiger partial charge in [-0.3, -0.25) is 9.59 Å². The number of alkyl carbamates (subject to hydrolysis) is 1. The predicted molar refractivity (Wildman–Crippen MR) is 106 cm³/mol. The average molecular weight is 396 g/mol. The van der Waals surface area contributed by atoms with E-state index in [-0.39, 0.29) is 32.2 Å². The summed E-state index contributed by atoms with van der Waals surface area (Å²) in [5.74, 6) is -0.823. The summed E-state index contributed by atoms with van der Waals surface area (Å²) in [4.78, 5) is 38.7. The van der Waals surface area contributed by atoms with Gasteiger partial charge in [0, 0.05) is 13.0 Å². The number of rotatable bonds is 6. The molecule has 0 spiro atoms. The highest BCUT2D eigenvalue weighted by molar-refractivity contribution is 5.89. The second-order valence-electron chi connectivity index (χ2n) is 6.73. The van der Waals surface area contributed by atoms with Crippen molar-refractivity contribution in [1.29, 1.82) is 0 Å². The Hall–Kier alpha value is -3.35. The lowest BCUT2D eigenvalue weighted by Crippen LogP contribution is -2.49. The fraction of sp³-hybridized carbons (Fsp3) is 0.318. The van der Waals surface area contributed by atoms with Gasteiger partial charge in [0.2, 0.25) is 5.91 Å². The van der Waals surface area contributed by atoms with E-state index in [2.05, 4.69) is 5.32 Å². The summed E-state index contributed by atoms with van der Waals surface area (Å²) in [6, 6.07) is 16.1. The highest BCUT2D eigenvalue weighted by Crippen LogP contribution is 2.20. The third-order valence-corrected chi connectivity index (χ3v) is 4.64. The summed E-state index contributed by atoms with van der Waals surface area (Å²) in [5.41, 5.74) is 2.73. The van der Waals surface area contributed by atoms with Crippen LogP contribution in [0.2, 0.25) is 0 Å². The Bertz CT molecular complexity index is 869. The zero-order valence-corrected chi connectivity index (χ0v) is 16.3. The van der Waals surface area contributed by atoms with Gasteiger partial charge < -0.3 is 19.7 Å². The van der Waals surface area contributed by atoms with Gasteiger partial charge in [0.05, 0.1) is 6.61 Å². The predicted octanol–water partition coefficient (Wildman–Crippen LogP) is 2.43. The molecule has 0 unspecified atom stereocenters. The summed E-state index contributed by atoms with van der Waals surface area (Å²) in [6.07, 6.45) is -0.350. The molecule has 2 amide bonds. The van der Waals surface area contributed by atoms with Crippen molar-refractivity contribution in [2.45, 2.75) is 32.5 Å². The van der Waals surface area contributed by atoms with Crippen molar-refractivity contribution in [3.63, 3.8) is 0 Å². The van der Waals surface area contributed by atoms with Gasteiger partial charge in [-0.05, 0) is 23.6 Å². The van der Waals surface area contributed by atoms with Crippen LogP contribution in [0.4, 0.5) is 4.79 Å². The molecular formula is C22H24N2O5. The van der Waals surface area contributed by atoms with E-state index >= 15 is 0 Å². The van der Waals surface area contributed by atoms with E-state index in [1.54, 1.807) is 6.92 Å². The lowest BCUT2D eigenvalue weighted by Gasteiger charge is -2.24. The van der Waals surface area contributed by atoms with Crippen LogP contribution in [0.15, 0.2) is 54.6 Å². The molecule has 1 heterocycles. The van der Waals surface area contributed by atoms with Crippen molar-refractivity contribution in [1.82, 2.24) is 10.2 Å². The van der Waals surface area contributed by atoms with Crippen molar-refractivity contribution < 1.29 is 23.9 Å². The number of carbonyl (C=O) groups is 3. The van der Waals surface area contributed by atoms with Crippen LogP contribution in [0.25, 0.3) is 0 Å². The quantitative estimate of drug-likeness (QED) is 0.758. The molecule has 1 aliphatic rings. The first-order chi connectivity index (χ1) is 14.1. The van der Waals surface area contributed by atoms with E-state index in [0.717, 1.165) is 16.7 Å². The van der Waals surface area contributed by atoms with Crippen LogP contribution in [0.3, 0.4) is 0 Å². The summed E-state index contributed by atoms with van der Waals surface area (Å²) in [5, 5.41) is 2.65. The molecule has 0 radical (unpaired) electrons. The van der Waals surface area contributed by atoms with Gasteiger partial charge in [0.1, 0.15) is 19.2 Å². The average Bonchev–Trinajstić information content (AvgIpc) is 2.84. The van der Waals surface area contributed by atoms with Crippen molar-refractivity contribution in [2.75, 3.05) is 13.2 Å². The number of carbonyl (C=O) groups excluding carboxylic acids is 3. The van der Waals surface area contributed by atoms with Gasteiger partial charge in [-0.15, -0.1) is 0 Å². The fourth-order valence-corrected chi connectivity index (χ4v) is 3.24. The molecule has 3 rings (SSSR count). The van der Waals surface area contributed by atoms with Crippen LogP contribution in [0.5, 0.6) is 0 Å². The number of benzene rings is 2. The molecule has 7 nitrogen and oxygen atoms in total. The molecule has 1 atom stereocenters. The molecule has 1 N–H and O–H groups in total. The maximum absolute atomic E-state index is 13.0. The first-order valence-electron chi connectivity index (χ1n) is 9.55. The molecule has 29 heavy (non-hydrogen) atoms. The number of hydrogen-bond acceptors (Lipinski definition) is 5. The minimum atomic E-state index is -0.823. The van der Waals surface area contributed by atoms with Crippen molar-refractivity contribution in [3.05, 3.63) is 71.3 Å². The Balaban J connectivity index is 1.70. The first kappa shape index (κ1) is 20.4. The summed E-state index contributed by atoms with van der Waals surface area (Å²) in [7, 11) is 0. The molecule has 0 saturated heterocycles. The molecule has 0 aliphatic carbocycles. The Morgan fingerprint density at radius 1 is 1.03 bits per heavy atom. The smallest absolute Gasteiger partial charge is 0.408 e. The largest absolute Gasteiger partial charge is 0.465 e. The molecule has 1 aliphatic heterocycles. The van der Waals surface area contributed by atoms with Crippen molar-refractivity contribution in [3.8, 4) is 0 Å². The maximum Gasteiger partial charge on any atom is 0.408 e. The van der Waals surface area contributed by atoms with Gasteiger partial charge in [-0.2, -0.15) is 0 Å². The molecular weight excluding hydrogens is 372 g/mol. The van der Waals surface area contributed by atoms with Crippen LogP contribution in [-0.4, -0.2) is 42.1 Å². The topological polar surface area (TPSA) is 84.9 Å². The van der Waals surface area contributed by atoms with Crippen LogP contribution < -0.4 is 5.32 Å². The second-order valence-corrected chi connectivity index (χ2v) is 6.73. The van der Waals surface area contributed by atoms with E-state index in [1.807, 2.05) is 54.6 Å². The van der Waals surface area contributed by atoms with Crippen molar-refractivity contribution in [2.24, 2.45) is 0 Å². The highest BCUT2D eigenvalue weighted by atomic mass is 16.5. The second kappa shape index (κ2) is 9.73. The van der Waals surface area contributed by atoms with Crippen LogP contribution in [0, 0.1) is 0 Å². The SMILES string of the molecule is CCOC(=O)CN1Cc2ccccc2C[C@H](NC(=O)OCc2ccccc2)C1=O. The fourth-order valence-electron chi connectivity index (χ4n) is 3.24. The summed E-state index contributed by atoms with van der Waals surface area (Å²) in [6.45, 7) is 2.18. The Kier molecular flexibility index (Phi) is 6.84. The number of ether oxygens (including phenoxy) is 2. The normalized spacial score (nSPS) is 15.8. The lowest BCUT2D eigenvalue weighted by molar-refractivity contribution is -0.149. The molecule has 0 fully saturated rings. The monoisotopic (exact) mass is 396 g/mol. The summed E-state index contributed by atoms with van der Waals surface area (Å²) >= 11 is 0. The third-order valence-electron chi connectivity index (χ3n) is 4.64. The zero-order chi connectivity index (χ0) is 20.6. The Labute approximate surface area is 169 Å². The molecule has 7 heteroatoms.